The van der Waals surface area contributed by atoms with E-state index in [0.29, 0.717) is 15.8 Å². The fourth-order valence-corrected chi connectivity index (χ4v) is 3.53. The van der Waals surface area contributed by atoms with Crippen LogP contribution in [0.1, 0.15) is 25.7 Å². The Hall–Kier alpha value is -0.380. The molecule has 1 saturated heterocycles. The molecule has 0 saturated carbocycles. The average molecular weight is 318 g/mol. The molecule has 19 heavy (non-hydrogen) atoms. The van der Waals surface area contributed by atoms with Crippen LogP contribution in [0.15, 0.2) is 23.1 Å². The highest BCUT2D eigenvalue weighted by atomic mass is 35.5. The highest BCUT2D eigenvalue weighted by molar-refractivity contribution is 8.00. The Morgan fingerprint density at radius 3 is 2.53 bits per heavy atom. The molecule has 0 radical (unpaired) electrons. The summed E-state index contributed by atoms with van der Waals surface area (Å²) in [7, 11) is 0. The number of carbonyl (C=O) groups is 1. The largest absolute Gasteiger partial charge is 0.342 e. The molecule has 0 bridgehead atoms. The van der Waals surface area contributed by atoms with Crippen molar-refractivity contribution in [3.8, 4) is 0 Å². The van der Waals surface area contributed by atoms with Gasteiger partial charge in [0, 0.05) is 23.0 Å². The van der Waals surface area contributed by atoms with Gasteiger partial charge >= 0.3 is 0 Å². The lowest BCUT2D eigenvalue weighted by Gasteiger charge is -2.20. The molecule has 2 nitrogen and oxygen atoms in total. The van der Waals surface area contributed by atoms with E-state index in [1.54, 1.807) is 12.1 Å². The van der Waals surface area contributed by atoms with Crippen LogP contribution in [0.5, 0.6) is 0 Å². The van der Waals surface area contributed by atoms with Crippen molar-refractivity contribution >= 4 is 40.9 Å². The summed E-state index contributed by atoms with van der Waals surface area (Å²) in [4.78, 5) is 15.0. The number of nitrogens with zero attached hydrogens (tertiary/aromatic N) is 1. The Morgan fingerprint density at radius 2 is 1.84 bits per heavy atom. The van der Waals surface area contributed by atoms with Crippen LogP contribution >= 0.6 is 35.0 Å². The van der Waals surface area contributed by atoms with Gasteiger partial charge in [0.05, 0.1) is 10.8 Å². The van der Waals surface area contributed by atoms with Gasteiger partial charge in [-0.25, -0.2) is 0 Å². The zero-order valence-electron chi connectivity index (χ0n) is 10.7. The first kappa shape index (κ1) is 15.0. The predicted molar refractivity (Wildman–Crippen MR) is 82.2 cm³/mol. The molecule has 1 amide bonds. The SMILES string of the molecule is O=C(CSc1cc(Cl)ccc1Cl)N1CCCCCC1. The summed E-state index contributed by atoms with van der Waals surface area (Å²) in [6, 6.07) is 5.33. The predicted octanol–water partition coefficient (Wildman–Crippen LogP) is 4.49. The number of carbonyl (C=O) groups excluding carboxylic acids is 1. The van der Waals surface area contributed by atoms with Crippen LogP contribution in [-0.4, -0.2) is 29.6 Å². The average Bonchev–Trinajstić information content (AvgIpc) is 2.68. The van der Waals surface area contributed by atoms with E-state index >= 15 is 0 Å². The van der Waals surface area contributed by atoms with Crippen LogP contribution in [-0.2, 0) is 4.79 Å². The molecule has 0 aliphatic carbocycles. The summed E-state index contributed by atoms with van der Waals surface area (Å²) < 4.78 is 0. The second kappa shape index (κ2) is 7.41. The zero-order chi connectivity index (χ0) is 13.7. The molecule has 1 heterocycles. The van der Waals surface area contributed by atoms with Crippen LogP contribution in [0, 0.1) is 0 Å². The second-order valence-corrected chi connectivity index (χ2v) is 6.52. The van der Waals surface area contributed by atoms with Crippen LogP contribution < -0.4 is 0 Å². The highest BCUT2D eigenvalue weighted by Gasteiger charge is 2.16. The summed E-state index contributed by atoms with van der Waals surface area (Å²) in [6.45, 7) is 1.78. The Bertz CT molecular complexity index is 445. The smallest absolute Gasteiger partial charge is 0.232 e. The molecule has 0 atom stereocenters. The van der Waals surface area contributed by atoms with Gasteiger partial charge in [0.15, 0.2) is 0 Å². The van der Waals surface area contributed by atoms with Crippen molar-refractivity contribution in [2.75, 3.05) is 18.8 Å². The molecule has 0 spiro atoms. The lowest BCUT2D eigenvalue weighted by molar-refractivity contribution is -0.128. The quantitative estimate of drug-likeness (QED) is 0.766. The number of thioether (sulfide) groups is 1. The number of rotatable bonds is 3. The van der Waals surface area contributed by atoms with E-state index in [1.807, 2.05) is 11.0 Å². The minimum absolute atomic E-state index is 0.197. The topological polar surface area (TPSA) is 20.3 Å². The third-order valence-corrected chi connectivity index (χ3v) is 4.92. The van der Waals surface area contributed by atoms with Gasteiger partial charge in [-0.3, -0.25) is 4.79 Å². The van der Waals surface area contributed by atoms with Crippen LogP contribution in [0.4, 0.5) is 0 Å². The standard InChI is InChI=1S/C14H17Cl2NOS/c15-11-5-6-12(16)13(9-11)19-10-14(18)17-7-3-1-2-4-8-17/h5-6,9H,1-4,7-8,10H2. The summed E-state index contributed by atoms with van der Waals surface area (Å²) in [5, 5.41) is 1.30. The molecule has 104 valence electrons. The maximum atomic E-state index is 12.1. The molecule has 1 aromatic carbocycles. The molecular formula is C14H17Cl2NOS. The van der Waals surface area contributed by atoms with Gasteiger partial charge in [-0.05, 0) is 31.0 Å². The van der Waals surface area contributed by atoms with E-state index in [9.17, 15) is 4.79 Å². The van der Waals surface area contributed by atoms with Crippen molar-refractivity contribution in [3.63, 3.8) is 0 Å². The second-order valence-electron chi connectivity index (χ2n) is 4.66. The Kier molecular flexibility index (Phi) is 5.86. The van der Waals surface area contributed by atoms with Gasteiger partial charge in [-0.2, -0.15) is 0 Å². The van der Waals surface area contributed by atoms with Crippen molar-refractivity contribution in [2.45, 2.75) is 30.6 Å². The number of benzene rings is 1. The maximum absolute atomic E-state index is 12.1. The van der Waals surface area contributed by atoms with E-state index in [1.165, 1.54) is 24.6 Å². The molecule has 1 aliphatic heterocycles. The number of halogens is 2. The lowest BCUT2D eigenvalue weighted by atomic mass is 10.2. The molecule has 1 fully saturated rings. The van der Waals surface area contributed by atoms with Gasteiger partial charge in [0.1, 0.15) is 0 Å². The fraction of sp³-hybridized carbons (Fsp3) is 0.500. The van der Waals surface area contributed by atoms with Crippen molar-refractivity contribution < 1.29 is 4.79 Å². The fourth-order valence-electron chi connectivity index (χ4n) is 2.14. The summed E-state index contributed by atoms with van der Waals surface area (Å²) in [6.07, 6.45) is 4.71. The van der Waals surface area contributed by atoms with Crippen LogP contribution in [0.3, 0.4) is 0 Å². The van der Waals surface area contributed by atoms with Gasteiger partial charge in [0.25, 0.3) is 0 Å². The lowest BCUT2D eigenvalue weighted by Crippen LogP contribution is -2.33. The molecule has 2 rings (SSSR count). The van der Waals surface area contributed by atoms with Gasteiger partial charge < -0.3 is 4.90 Å². The first-order valence-electron chi connectivity index (χ1n) is 6.52. The molecule has 5 heteroatoms. The summed E-state index contributed by atoms with van der Waals surface area (Å²) in [5.74, 6) is 0.628. The van der Waals surface area contributed by atoms with Crippen molar-refractivity contribution in [1.29, 1.82) is 0 Å². The van der Waals surface area contributed by atoms with E-state index < -0.39 is 0 Å². The van der Waals surface area contributed by atoms with E-state index in [0.717, 1.165) is 30.8 Å². The minimum atomic E-state index is 0.197. The zero-order valence-corrected chi connectivity index (χ0v) is 13.0. The maximum Gasteiger partial charge on any atom is 0.232 e. The summed E-state index contributed by atoms with van der Waals surface area (Å²) in [5.41, 5.74) is 0. The van der Waals surface area contributed by atoms with E-state index in [2.05, 4.69) is 0 Å². The number of hydrogen-bond donors (Lipinski definition) is 0. The highest BCUT2D eigenvalue weighted by Crippen LogP contribution is 2.30. The van der Waals surface area contributed by atoms with Crippen LogP contribution in [0.25, 0.3) is 0 Å². The van der Waals surface area contributed by atoms with Gasteiger partial charge in [0.2, 0.25) is 5.91 Å². The first-order valence-corrected chi connectivity index (χ1v) is 8.26. The van der Waals surface area contributed by atoms with Crippen molar-refractivity contribution in [3.05, 3.63) is 28.2 Å². The third kappa shape index (κ3) is 4.59. The van der Waals surface area contributed by atoms with Crippen molar-refractivity contribution in [2.24, 2.45) is 0 Å². The molecule has 0 aromatic heterocycles. The Balaban J connectivity index is 1.90. The van der Waals surface area contributed by atoms with E-state index in [-0.39, 0.29) is 5.91 Å². The monoisotopic (exact) mass is 317 g/mol. The molecule has 1 aromatic rings. The third-order valence-electron chi connectivity index (χ3n) is 3.20. The van der Waals surface area contributed by atoms with Crippen LogP contribution in [0.2, 0.25) is 10.0 Å². The molecule has 1 aliphatic rings. The minimum Gasteiger partial charge on any atom is -0.342 e. The Morgan fingerprint density at radius 1 is 1.16 bits per heavy atom. The molecular weight excluding hydrogens is 301 g/mol. The molecule has 0 unspecified atom stereocenters. The number of likely N-dealkylation sites (tertiary alicyclic amines) is 1. The first-order chi connectivity index (χ1) is 9.16. The van der Waals surface area contributed by atoms with E-state index in [4.69, 9.17) is 23.2 Å². The Labute approximate surface area is 128 Å². The summed E-state index contributed by atoms with van der Waals surface area (Å²) >= 11 is 13.5. The van der Waals surface area contributed by atoms with Gasteiger partial charge in [-0.15, -0.1) is 11.8 Å². The van der Waals surface area contributed by atoms with Gasteiger partial charge in [-0.1, -0.05) is 36.0 Å². The number of amides is 1. The van der Waals surface area contributed by atoms with Crippen molar-refractivity contribution in [1.82, 2.24) is 4.90 Å². The molecule has 0 N–H and O–H groups in total. The normalized spacial score (nSPS) is 16.2. The number of hydrogen-bond acceptors (Lipinski definition) is 2.